The molecule has 0 spiro atoms. The van der Waals surface area contributed by atoms with E-state index >= 15 is 0 Å². The molecule has 19 heavy (non-hydrogen) atoms. The van der Waals surface area contributed by atoms with Crippen molar-refractivity contribution in [3.8, 4) is 0 Å². The maximum absolute atomic E-state index is 6.46. The van der Waals surface area contributed by atoms with Crippen LogP contribution in [0, 0.1) is 0 Å². The highest BCUT2D eigenvalue weighted by molar-refractivity contribution is 6.86. The predicted octanol–water partition coefficient (Wildman–Crippen LogP) is 4.34. The van der Waals surface area contributed by atoms with Crippen LogP contribution < -0.4 is 0 Å². The maximum Gasteiger partial charge on any atom is 0.344 e. The Balaban J connectivity index is 5.08. The van der Waals surface area contributed by atoms with Gasteiger partial charge in [0.15, 0.2) is 0 Å². The summed E-state index contributed by atoms with van der Waals surface area (Å²) in [5.41, 5.74) is 0.883. The number of halogens is 2. The first-order chi connectivity index (χ1) is 9.07. The molecule has 7 heteroatoms. The van der Waals surface area contributed by atoms with Crippen LogP contribution in [0.25, 0.3) is 0 Å². The van der Waals surface area contributed by atoms with Gasteiger partial charge in [0.2, 0.25) is 0 Å². The van der Waals surface area contributed by atoms with Gasteiger partial charge in [-0.05, 0) is 25.9 Å². The lowest BCUT2D eigenvalue weighted by atomic mass is 10.6. The Labute approximate surface area is 130 Å². The lowest BCUT2D eigenvalue weighted by Gasteiger charge is -2.38. The van der Waals surface area contributed by atoms with Gasteiger partial charge in [0.1, 0.15) is 0 Å². The minimum atomic E-state index is -2.38. The monoisotopic (exact) mass is 346 g/mol. The molecule has 2 unspecified atom stereocenters. The normalized spacial score (nSPS) is 18.0. The van der Waals surface area contributed by atoms with E-state index in [0.717, 1.165) is 24.9 Å². The topological polar surface area (TPSA) is 27.7 Å². The Morgan fingerprint density at radius 1 is 0.737 bits per heavy atom. The number of hydrogen-bond donors (Lipinski definition) is 0. The second-order valence-electron chi connectivity index (χ2n) is 4.56. The van der Waals surface area contributed by atoms with Crippen molar-refractivity contribution < 1.29 is 13.0 Å². The zero-order chi connectivity index (χ0) is 14.8. The van der Waals surface area contributed by atoms with Crippen LogP contribution in [0.1, 0.15) is 40.5 Å². The van der Waals surface area contributed by atoms with Crippen molar-refractivity contribution in [2.24, 2.45) is 0 Å². The Bertz CT molecular complexity index is 199. The summed E-state index contributed by atoms with van der Waals surface area (Å²) in [5.74, 6) is 0. The van der Waals surface area contributed by atoms with Crippen LogP contribution in [-0.4, -0.2) is 41.3 Å². The molecule has 0 radical (unpaired) electrons. The standard InChI is InChI=1S/C12H28Cl2O3Si2/c1-5-9-18(11-13,15-7-3)17-19(12-14,10-6-2)16-8-4/h5-12H2,1-4H3. The number of rotatable bonds is 12. The van der Waals surface area contributed by atoms with Crippen LogP contribution in [-0.2, 0) is 13.0 Å². The summed E-state index contributed by atoms with van der Waals surface area (Å²) in [5, 5.41) is 0. The Hall–Kier alpha value is 0.894. The fraction of sp³-hybridized carbons (Fsp3) is 1.00. The highest BCUT2D eigenvalue weighted by Crippen LogP contribution is 2.27. The first-order valence-electron chi connectivity index (χ1n) is 7.17. The molecule has 0 saturated carbocycles. The first-order valence-corrected chi connectivity index (χ1v) is 12.7. The van der Waals surface area contributed by atoms with Gasteiger partial charge in [-0.15, -0.1) is 23.2 Å². The average Bonchev–Trinajstić information content (AvgIpc) is 2.39. The zero-order valence-electron chi connectivity index (χ0n) is 12.6. The molecule has 0 aliphatic carbocycles. The van der Waals surface area contributed by atoms with E-state index in [4.69, 9.17) is 36.2 Å². The van der Waals surface area contributed by atoms with Crippen LogP contribution in [0.3, 0.4) is 0 Å². The maximum atomic E-state index is 6.46. The van der Waals surface area contributed by atoms with Gasteiger partial charge in [0, 0.05) is 13.2 Å². The third-order valence-electron chi connectivity index (χ3n) is 2.86. The Kier molecular flexibility index (Phi) is 11.1. The van der Waals surface area contributed by atoms with Crippen molar-refractivity contribution in [1.29, 1.82) is 0 Å². The van der Waals surface area contributed by atoms with Gasteiger partial charge in [-0.3, -0.25) is 0 Å². The molecule has 0 aliphatic heterocycles. The van der Waals surface area contributed by atoms with Gasteiger partial charge in [-0.2, -0.15) is 0 Å². The molecule has 116 valence electrons. The Morgan fingerprint density at radius 2 is 1.11 bits per heavy atom. The average molecular weight is 347 g/mol. The summed E-state index contributed by atoms with van der Waals surface area (Å²) in [6.45, 7) is 9.48. The lowest BCUT2D eigenvalue weighted by molar-refractivity contribution is 0.197. The summed E-state index contributed by atoms with van der Waals surface area (Å²) in [7, 11) is -4.77. The third kappa shape index (κ3) is 6.46. The van der Waals surface area contributed by atoms with Crippen molar-refractivity contribution in [2.45, 2.75) is 52.6 Å². The van der Waals surface area contributed by atoms with Gasteiger partial charge in [-0.1, -0.05) is 26.7 Å². The lowest BCUT2D eigenvalue weighted by Crippen LogP contribution is -2.58. The second-order valence-corrected chi connectivity index (χ2v) is 12.7. The summed E-state index contributed by atoms with van der Waals surface area (Å²) in [6, 6.07) is 1.79. The number of hydrogen-bond acceptors (Lipinski definition) is 3. The molecular formula is C12H28Cl2O3Si2. The summed E-state index contributed by atoms with van der Waals surface area (Å²) in [6.07, 6.45) is 2.01. The summed E-state index contributed by atoms with van der Waals surface area (Å²) >= 11 is 12.4. The molecule has 3 nitrogen and oxygen atoms in total. The Morgan fingerprint density at radius 3 is 1.32 bits per heavy atom. The quantitative estimate of drug-likeness (QED) is 0.388. The van der Waals surface area contributed by atoms with Crippen LogP contribution in [0.4, 0.5) is 0 Å². The van der Waals surface area contributed by atoms with Crippen molar-refractivity contribution in [1.82, 2.24) is 0 Å². The van der Waals surface area contributed by atoms with Gasteiger partial charge in [0.25, 0.3) is 0 Å². The highest BCUT2D eigenvalue weighted by Gasteiger charge is 2.47. The van der Waals surface area contributed by atoms with Crippen molar-refractivity contribution in [3.05, 3.63) is 0 Å². The molecule has 0 aromatic heterocycles. The molecule has 2 atom stereocenters. The zero-order valence-corrected chi connectivity index (χ0v) is 16.1. The van der Waals surface area contributed by atoms with E-state index in [-0.39, 0.29) is 0 Å². The van der Waals surface area contributed by atoms with Crippen LogP contribution in [0.5, 0.6) is 0 Å². The summed E-state index contributed by atoms with van der Waals surface area (Å²) < 4.78 is 18.4. The number of alkyl halides is 2. The van der Waals surface area contributed by atoms with Gasteiger partial charge in [-0.25, -0.2) is 0 Å². The molecule has 0 fully saturated rings. The molecule has 0 saturated heterocycles. The molecular weight excluding hydrogens is 319 g/mol. The minimum Gasteiger partial charge on any atom is -0.413 e. The molecule has 0 aromatic carbocycles. The molecule has 0 aromatic rings. The van der Waals surface area contributed by atoms with Gasteiger partial charge >= 0.3 is 17.1 Å². The van der Waals surface area contributed by atoms with Crippen LogP contribution >= 0.6 is 23.2 Å². The van der Waals surface area contributed by atoms with Crippen molar-refractivity contribution in [2.75, 3.05) is 24.2 Å². The van der Waals surface area contributed by atoms with E-state index in [1.54, 1.807) is 0 Å². The molecule has 0 aliphatic rings. The molecule has 0 N–H and O–H groups in total. The molecule has 0 heterocycles. The second kappa shape index (κ2) is 10.6. The van der Waals surface area contributed by atoms with Crippen LogP contribution in [0.15, 0.2) is 0 Å². The van der Waals surface area contributed by atoms with Gasteiger partial charge in [0.05, 0.1) is 11.0 Å². The van der Waals surface area contributed by atoms with Gasteiger partial charge < -0.3 is 13.0 Å². The molecule has 0 bridgehead atoms. The van der Waals surface area contributed by atoms with Crippen LogP contribution in [0.2, 0.25) is 12.1 Å². The highest BCUT2D eigenvalue weighted by atomic mass is 35.5. The fourth-order valence-electron chi connectivity index (χ4n) is 2.20. The predicted molar refractivity (Wildman–Crippen MR) is 87.5 cm³/mol. The van der Waals surface area contributed by atoms with E-state index < -0.39 is 17.1 Å². The van der Waals surface area contributed by atoms with E-state index in [1.165, 1.54) is 0 Å². The van der Waals surface area contributed by atoms with E-state index in [9.17, 15) is 0 Å². The SMILES string of the molecule is CCC[Si](CCl)(OCC)O[Si](CCl)(CCC)OCC. The fourth-order valence-corrected chi connectivity index (χ4v) is 12.2. The van der Waals surface area contributed by atoms with E-state index in [1.807, 2.05) is 13.8 Å². The van der Waals surface area contributed by atoms with E-state index in [0.29, 0.717) is 24.2 Å². The molecule has 0 rings (SSSR count). The summed E-state index contributed by atoms with van der Waals surface area (Å²) in [4.78, 5) is 0. The largest absolute Gasteiger partial charge is 0.413 e. The van der Waals surface area contributed by atoms with Crippen molar-refractivity contribution in [3.63, 3.8) is 0 Å². The minimum absolute atomic E-state index is 0.442. The molecule has 0 amide bonds. The first kappa shape index (κ1) is 19.9. The third-order valence-corrected chi connectivity index (χ3v) is 13.2. The smallest absolute Gasteiger partial charge is 0.344 e. The van der Waals surface area contributed by atoms with E-state index in [2.05, 4.69) is 13.8 Å². The van der Waals surface area contributed by atoms with Crippen molar-refractivity contribution >= 4 is 40.3 Å².